The summed E-state index contributed by atoms with van der Waals surface area (Å²) in [5.74, 6) is 1.52. The van der Waals surface area contributed by atoms with Gasteiger partial charge in [0.25, 0.3) is 0 Å². The summed E-state index contributed by atoms with van der Waals surface area (Å²) in [4.78, 5) is 182. The number of benzene rings is 5. The fourth-order valence-electron chi connectivity index (χ4n) is 20.1. The minimum Gasteiger partial charge on any atom is -0.481 e. The molecule has 0 spiro atoms. The molecule has 1 aliphatic carbocycles. The molecule has 8 amide bonds. The molecule has 7 aromatic heterocycles. The monoisotopic (exact) mass is 2010 g/mol. The number of amides is 8. The molecule has 18 rings (SSSR count). The van der Waals surface area contributed by atoms with Gasteiger partial charge in [-0.15, -0.1) is 0 Å². The quantitative estimate of drug-likeness (QED) is 0.0137. The first-order valence-electron chi connectivity index (χ1n) is 50.9. The molecule has 12 heterocycles. The number of ether oxygens (including phenoxy) is 5. The maximum absolute atomic E-state index is 13.6. The molecule has 6 aliphatic rings. The van der Waals surface area contributed by atoms with E-state index in [0.29, 0.717) is 43.7 Å². The Labute approximate surface area is 854 Å². The zero-order valence-corrected chi connectivity index (χ0v) is 87.2. The van der Waals surface area contributed by atoms with E-state index >= 15 is 0 Å². The lowest BCUT2D eigenvalue weighted by molar-refractivity contribution is -0.151. The van der Waals surface area contributed by atoms with Crippen LogP contribution in [-0.2, 0) is 61.8 Å². The van der Waals surface area contributed by atoms with Crippen LogP contribution >= 0.6 is 0 Å². The van der Waals surface area contributed by atoms with Crippen LogP contribution in [0.1, 0.15) is 240 Å². The van der Waals surface area contributed by atoms with Gasteiger partial charge in [0.1, 0.15) is 53.3 Å². The average molecular weight is 2010 g/mol. The third kappa shape index (κ3) is 24.2. The molecule has 780 valence electrons. The lowest BCUT2D eigenvalue weighted by atomic mass is 9.79. The third-order valence-electron chi connectivity index (χ3n) is 29.3. The summed E-state index contributed by atoms with van der Waals surface area (Å²) >= 11 is 0. The number of carbonyl (C=O) groups excluding carboxylic acids is 9. The second-order valence-corrected chi connectivity index (χ2v) is 41.4. The lowest BCUT2D eigenvalue weighted by Gasteiger charge is -2.32. The van der Waals surface area contributed by atoms with Crippen LogP contribution in [0.5, 0.6) is 0 Å². The number of likely N-dealkylation sites (tertiary alicyclic amines) is 4. The van der Waals surface area contributed by atoms with Crippen LogP contribution in [0.4, 0.5) is 19.2 Å². The Morgan fingerprint density at radius 2 is 0.714 bits per heavy atom. The Bertz CT molecular complexity index is 6780. The molecule has 5 aliphatic heterocycles. The number of esters is 1. The Balaban J connectivity index is 0.000000160. The third-order valence-corrected chi connectivity index (χ3v) is 29.3. The van der Waals surface area contributed by atoms with Gasteiger partial charge in [0.05, 0.1) is 163 Å². The van der Waals surface area contributed by atoms with Gasteiger partial charge >= 0.3 is 43.4 Å². The molecule has 39 heteroatoms. The minimum absolute atomic E-state index is 0.0521. The van der Waals surface area contributed by atoms with E-state index in [1.54, 1.807) is 24.9 Å². The van der Waals surface area contributed by atoms with E-state index in [0.717, 1.165) is 174 Å². The molecule has 6 fully saturated rings. The van der Waals surface area contributed by atoms with Crippen molar-refractivity contribution in [1.82, 2.24) is 101 Å². The fourth-order valence-corrected chi connectivity index (χ4v) is 20.1. The van der Waals surface area contributed by atoms with Gasteiger partial charge in [-0.25, -0.2) is 54.1 Å². The van der Waals surface area contributed by atoms with E-state index in [1.165, 1.54) is 61.2 Å². The van der Waals surface area contributed by atoms with Crippen molar-refractivity contribution in [2.24, 2.45) is 35.5 Å². The van der Waals surface area contributed by atoms with Crippen molar-refractivity contribution < 1.29 is 86.0 Å². The van der Waals surface area contributed by atoms with E-state index in [1.807, 2.05) is 177 Å². The topological polar surface area (TPSA) is 486 Å². The summed E-state index contributed by atoms with van der Waals surface area (Å²) in [5.41, 5.74) is 14.5. The van der Waals surface area contributed by atoms with Crippen molar-refractivity contribution in [3.8, 4) is 45.0 Å². The molecule has 0 bridgehead atoms. The van der Waals surface area contributed by atoms with Gasteiger partial charge in [0.15, 0.2) is 0 Å². The molecule has 12 aromatic rings. The molecule has 1 saturated carbocycles. The van der Waals surface area contributed by atoms with E-state index < -0.39 is 84.7 Å². The Morgan fingerprint density at radius 3 is 1.06 bits per heavy atom. The van der Waals surface area contributed by atoms with Crippen molar-refractivity contribution in [1.29, 1.82) is 0 Å². The number of nitrogens with one attached hydrogen (secondary N) is 9. The van der Waals surface area contributed by atoms with Gasteiger partial charge < -0.3 is 104 Å². The first-order valence-corrected chi connectivity index (χ1v) is 50.9. The molecule has 5 aromatic carbocycles. The maximum atomic E-state index is 13.6. The number of carboxylic acids is 1. The van der Waals surface area contributed by atoms with E-state index in [2.05, 4.69) is 98.4 Å². The summed E-state index contributed by atoms with van der Waals surface area (Å²) in [6, 6.07) is 35.1. The Morgan fingerprint density at radius 1 is 0.381 bits per heavy atom. The van der Waals surface area contributed by atoms with Crippen LogP contribution in [0, 0.1) is 35.5 Å². The second-order valence-electron chi connectivity index (χ2n) is 41.4. The number of alkyl carbamates (subject to hydrolysis) is 4. The highest BCUT2D eigenvalue weighted by atomic mass is 16.7. The number of pyridine rings is 2. The van der Waals surface area contributed by atoms with E-state index in [9.17, 15) is 47.9 Å². The van der Waals surface area contributed by atoms with Crippen LogP contribution in [-0.4, -0.2) is 249 Å². The highest BCUT2D eigenvalue weighted by Crippen LogP contribution is 2.43. The maximum Gasteiger partial charge on any atom is 0.494 e. The molecule has 0 radical (unpaired) electrons. The Hall–Kier alpha value is -14.4. The summed E-state index contributed by atoms with van der Waals surface area (Å²) in [6.07, 6.45) is 12.8. The zero-order chi connectivity index (χ0) is 105. The fraction of sp³-hybridized carbons (Fsp3) is 0.491. The average Bonchev–Trinajstić information content (AvgIpc) is 1.62. The summed E-state index contributed by atoms with van der Waals surface area (Å²) in [6.45, 7) is 29.3. The number of hydrogen-bond acceptors (Lipinski definition) is 24. The largest absolute Gasteiger partial charge is 0.494 e. The molecule has 0 unspecified atom stereocenters. The number of carboxylic acid groups (broad SMARTS) is 1. The number of rotatable bonds is 26. The summed E-state index contributed by atoms with van der Waals surface area (Å²) < 4.78 is 35.8. The first-order chi connectivity index (χ1) is 70.2. The predicted octanol–water partition coefficient (Wildman–Crippen LogP) is 16.9. The number of imidazole rings is 5. The van der Waals surface area contributed by atoms with Crippen LogP contribution in [0.3, 0.4) is 0 Å². The minimum atomic E-state index is -0.949. The zero-order valence-electron chi connectivity index (χ0n) is 87.2. The number of fused-ring (bicyclic) bond motifs is 5. The number of aromatic amines is 5. The number of H-pyrrole nitrogens is 5. The Kier molecular flexibility index (Phi) is 33.6. The van der Waals surface area contributed by atoms with Crippen molar-refractivity contribution in [2.75, 3.05) is 61.7 Å². The van der Waals surface area contributed by atoms with Crippen molar-refractivity contribution in [3.05, 3.63) is 157 Å². The molecular formula is C108H137BN20O18. The van der Waals surface area contributed by atoms with Gasteiger partial charge in [-0.2, -0.15) is 0 Å². The van der Waals surface area contributed by atoms with Gasteiger partial charge in [-0.05, 0) is 200 Å². The smallest absolute Gasteiger partial charge is 0.481 e. The highest BCUT2D eigenvalue weighted by Gasteiger charge is 2.52. The van der Waals surface area contributed by atoms with E-state index in [4.69, 9.17) is 63.3 Å². The highest BCUT2D eigenvalue weighted by molar-refractivity contribution is 6.62. The van der Waals surface area contributed by atoms with Crippen molar-refractivity contribution in [3.63, 3.8) is 0 Å². The van der Waals surface area contributed by atoms with Crippen LogP contribution in [0.15, 0.2) is 128 Å². The second kappa shape index (κ2) is 46.1. The molecule has 9 atom stereocenters. The molecule has 38 nitrogen and oxygen atoms in total. The number of aliphatic carboxylic acids is 1. The van der Waals surface area contributed by atoms with Gasteiger partial charge in [-0.1, -0.05) is 125 Å². The van der Waals surface area contributed by atoms with Crippen molar-refractivity contribution in [2.45, 2.75) is 246 Å². The number of nitrogens with zero attached hydrogens (tertiary/aromatic N) is 11. The SMILES string of the molecule is COC(=O)C[C@H](C(=O)O)C(C)C.COC(=O)N[C@H](C(=O)N1CCC[C@H]1c1nc2ccc(-c3ccc4cc(-c5cnc(C6CCCC6)[nH]5)ccc4n3)cc2[nH]1)C(C)C.COC(=O)N[C@H](C(=O)N1CCC[C@H]1c1nc2ccc(B3OC(C)(C)C(C)(C)O3)cc2[nH]1)C(C)C.COC(=O)N[C@H](C(=O)N1CCC[C@H]1c1ncc(-c2ccc3nc(-c4ccc5nc([C@@H]6CCCN6C(=O)[C@@H](NC(=O)OC)C(C)C)[nH]c5c4)ccc3c2)[nH]1)C(C)C. The van der Waals surface area contributed by atoms with Crippen molar-refractivity contribution >= 4 is 127 Å². The van der Waals surface area contributed by atoms with Crippen LogP contribution in [0.2, 0.25) is 0 Å². The standard InChI is InChI=1S/C41H49N9O6.C35H39N7O3.C24H35BN4O5.C8H14O4/c1-22(2)34(47-40(53)55-5)38(51)49-17-7-9-32(49)36-42-21-31(46-36)25-12-15-27-24(19-25)11-14-28(43-27)26-13-16-29-30(20-26)45-37(44-29)33-10-8-18-50(33)39(52)35(23(3)4)48-41(54)56-6;1-20(2)31(41-35(44)45-3)34(43)42-16-6-9-30(42)33-38-27-15-12-24(18-28(27)39-33)26-13-10-22-17-23(11-14-25(22)37-26)29-19-36-32(40-29)21-7-4-5-8-21;1-14(2)19(28-22(31)32-7)21(30)29-12-8-9-18(29)20-26-16-11-10-15(13-17(16)27-20)25-33-23(3,4)24(5,6)34-25;1-5(2)6(8(10)11)4-7(9)12-3/h11-16,19-23,32-35H,7-10,17-18H2,1-6H3,(H,42,46)(H,44,45)(H,47,53)(H,48,54);10-15,17-21,30-31H,4-9,16H2,1-3H3,(H,36,40)(H,38,39)(H,41,44);10-11,13-14,18-19H,8-9,12H2,1-7H3,(H,26,27)(H,28,31);5-6H,4H2,1-3H3,(H,10,11)/t32-,33-,34-,35-;30-,31-;18-,19-;6-/m0000/s1. The molecule has 5 saturated heterocycles. The van der Waals surface area contributed by atoms with Crippen LogP contribution < -0.4 is 26.7 Å². The molecule has 147 heavy (non-hydrogen) atoms. The molecule has 10 N–H and O–H groups in total. The summed E-state index contributed by atoms with van der Waals surface area (Å²) in [5, 5.41) is 21.5. The lowest BCUT2D eigenvalue weighted by Crippen LogP contribution is -2.51. The normalized spacial score (nSPS) is 18.6. The number of methoxy groups -OCH3 is 5. The van der Waals surface area contributed by atoms with E-state index in [-0.39, 0.29) is 83.8 Å². The first kappa shape index (κ1) is 107. The van der Waals surface area contributed by atoms with Gasteiger partial charge in [0, 0.05) is 65.1 Å². The predicted molar refractivity (Wildman–Crippen MR) is 556 cm³/mol. The van der Waals surface area contributed by atoms with Crippen LogP contribution in [0.25, 0.3) is 99.9 Å². The van der Waals surface area contributed by atoms with Gasteiger partial charge in [0.2, 0.25) is 23.6 Å². The summed E-state index contributed by atoms with van der Waals surface area (Å²) in [7, 11) is 5.96. The van der Waals surface area contributed by atoms with Gasteiger partial charge in [-0.3, -0.25) is 28.8 Å². The number of carbonyl (C=O) groups is 10. The number of aromatic nitrogens is 12. The molecular weight excluding hydrogens is 1880 g/mol. The number of hydrogen-bond donors (Lipinski definition) is 10.